The van der Waals surface area contributed by atoms with E-state index < -0.39 is 0 Å². The molecule has 0 unspecified atom stereocenters. The minimum atomic E-state index is 0.599. The Hall–Kier alpha value is 0.0569. The van der Waals surface area contributed by atoms with Crippen molar-refractivity contribution in [2.24, 2.45) is 0 Å². The highest BCUT2D eigenvalue weighted by atomic mass is 28.2. The van der Waals surface area contributed by atoms with Crippen molar-refractivity contribution in [3.05, 3.63) is 0 Å². The third kappa shape index (κ3) is 14.1. The summed E-state index contributed by atoms with van der Waals surface area (Å²) in [6.07, 6.45) is 0. The Morgan fingerprint density at radius 3 is 1.80 bits per heavy atom. The zero-order valence-electron chi connectivity index (χ0n) is 9.79. The van der Waals surface area contributed by atoms with Crippen molar-refractivity contribution in [2.45, 2.75) is 19.9 Å². The van der Waals surface area contributed by atoms with Crippen LogP contribution in [-0.2, 0) is 18.6 Å². The number of ether oxygens (including phenoxy) is 3. The zero-order chi connectivity index (χ0) is 11.2. The SMILES string of the molecule is CCOCCOCCOCCO[Si]CC. The largest absolute Gasteiger partial charge is 0.415 e. The molecule has 0 amide bonds. The average Bonchev–Trinajstić information content (AvgIpc) is 2.26. The Morgan fingerprint density at radius 2 is 1.27 bits per heavy atom. The van der Waals surface area contributed by atoms with Crippen LogP contribution in [0.2, 0.25) is 6.04 Å². The van der Waals surface area contributed by atoms with Crippen molar-refractivity contribution in [3.63, 3.8) is 0 Å². The second-order valence-corrected chi connectivity index (χ2v) is 4.05. The van der Waals surface area contributed by atoms with Crippen LogP contribution < -0.4 is 0 Å². The highest BCUT2D eigenvalue weighted by Gasteiger charge is 1.91. The van der Waals surface area contributed by atoms with Gasteiger partial charge in [-0.05, 0) is 13.0 Å². The smallest absolute Gasteiger partial charge is 0.229 e. The fourth-order valence-corrected chi connectivity index (χ4v) is 1.29. The summed E-state index contributed by atoms with van der Waals surface area (Å²) in [4.78, 5) is 0. The van der Waals surface area contributed by atoms with Gasteiger partial charge in [0.15, 0.2) is 0 Å². The number of rotatable bonds is 12. The lowest BCUT2D eigenvalue weighted by molar-refractivity contribution is 0.0115. The molecule has 0 aromatic heterocycles. The molecule has 0 atom stereocenters. The molecule has 0 saturated carbocycles. The predicted molar refractivity (Wildman–Crippen MR) is 60.3 cm³/mol. The maximum absolute atomic E-state index is 5.30. The summed E-state index contributed by atoms with van der Waals surface area (Å²) in [5.41, 5.74) is 0. The quantitative estimate of drug-likeness (QED) is 0.375. The molecular formula is C10H22O4Si. The molecule has 90 valence electrons. The Balaban J connectivity index is 2.81. The van der Waals surface area contributed by atoms with E-state index in [1.165, 1.54) is 0 Å². The van der Waals surface area contributed by atoms with E-state index in [9.17, 15) is 0 Å². The average molecular weight is 234 g/mol. The minimum Gasteiger partial charge on any atom is -0.415 e. The molecule has 0 saturated heterocycles. The van der Waals surface area contributed by atoms with Crippen molar-refractivity contribution in [2.75, 3.05) is 46.2 Å². The van der Waals surface area contributed by atoms with Gasteiger partial charge in [-0.25, -0.2) is 0 Å². The van der Waals surface area contributed by atoms with E-state index in [-0.39, 0.29) is 0 Å². The zero-order valence-corrected chi connectivity index (χ0v) is 10.8. The van der Waals surface area contributed by atoms with Gasteiger partial charge in [0.1, 0.15) is 0 Å². The second kappa shape index (κ2) is 14.1. The highest BCUT2D eigenvalue weighted by molar-refractivity contribution is 6.26. The summed E-state index contributed by atoms with van der Waals surface area (Å²) in [6, 6.07) is 1.08. The normalized spacial score (nSPS) is 10.8. The molecule has 0 aliphatic rings. The van der Waals surface area contributed by atoms with E-state index >= 15 is 0 Å². The molecule has 4 nitrogen and oxygen atoms in total. The van der Waals surface area contributed by atoms with E-state index in [4.69, 9.17) is 18.6 Å². The van der Waals surface area contributed by atoms with Crippen LogP contribution in [0.15, 0.2) is 0 Å². The van der Waals surface area contributed by atoms with Gasteiger partial charge in [0, 0.05) is 6.61 Å². The molecule has 15 heavy (non-hydrogen) atoms. The van der Waals surface area contributed by atoms with Gasteiger partial charge in [0.2, 0.25) is 9.76 Å². The summed E-state index contributed by atoms with van der Waals surface area (Å²) < 4.78 is 21.0. The summed E-state index contributed by atoms with van der Waals surface area (Å²) in [6.45, 7) is 8.73. The highest BCUT2D eigenvalue weighted by Crippen LogP contribution is 1.82. The Morgan fingerprint density at radius 1 is 0.733 bits per heavy atom. The van der Waals surface area contributed by atoms with Crippen LogP contribution >= 0.6 is 0 Å². The van der Waals surface area contributed by atoms with Gasteiger partial charge < -0.3 is 18.6 Å². The Bertz CT molecular complexity index is 102. The van der Waals surface area contributed by atoms with E-state index in [1.54, 1.807) is 0 Å². The first-order valence-corrected chi connectivity index (χ1v) is 6.61. The van der Waals surface area contributed by atoms with Crippen LogP contribution in [0, 0.1) is 0 Å². The van der Waals surface area contributed by atoms with Crippen LogP contribution in [0.25, 0.3) is 0 Å². The van der Waals surface area contributed by atoms with Gasteiger partial charge in [-0.15, -0.1) is 0 Å². The number of hydrogen-bond acceptors (Lipinski definition) is 4. The molecule has 2 radical (unpaired) electrons. The molecular weight excluding hydrogens is 212 g/mol. The van der Waals surface area contributed by atoms with Crippen molar-refractivity contribution < 1.29 is 18.6 Å². The van der Waals surface area contributed by atoms with Crippen LogP contribution in [0.4, 0.5) is 0 Å². The van der Waals surface area contributed by atoms with Gasteiger partial charge in [-0.3, -0.25) is 0 Å². The lowest BCUT2D eigenvalue weighted by Gasteiger charge is -2.06. The molecule has 0 aliphatic carbocycles. The first-order valence-electron chi connectivity index (χ1n) is 5.49. The Kier molecular flexibility index (Phi) is 14.1. The molecule has 0 aliphatic heterocycles. The standard InChI is InChI=1S/C10H22O4Si/c1-3-11-5-6-12-7-8-13-9-10-14-15-4-2/h3-10H2,1-2H3. The topological polar surface area (TPSA) is 36.9 Å². The summed E-state index contributed by atoms with van der Waals surface area (Å²) in [5, 5.41) is 0. The van der Waals surface area contributed by atoms with Crippen molar-refractivity contribution in [1.82, 2.24) is 0 Å². The third-order valence-corrected chi connectivity index (χ3v) is 2.22. The van der Waals surface area contributed by atoms with Gasteiger partial charge >= 0.3 is 0 Å². The fourth-order valence-electron chi connectivity index (χ4n) is 0.859. The summed E-state index contributed by atoms with van der Waals surface area (Å²) in [5.74, 6) is 0. The van der Waals surface area contributed by atoms with E-state index in [1.807, 2.05) is 6.92 Å². The molecule has 0 spiro atoms. The van der Waals surface area contributed by atoms with Gasteiger partial charge in [0.05, 0.1) is 39.6 Å². The van der Waals surface area contributed by atoms with Gasteiger partial charge in [-0.1, -0.05) is 6.92 Å². The first kappa shape index (κ1) is 15.1. The maximum atomic E-state index is 5.30. The molecule has 0 fully saturated rings. The molecule has 0 aromatic carbocycles. The maximum Gasteiger partial charge on any atom is 0.229 e. The van der Waals surface area contributed by atoms with E-state index in [0.717, 1.165) is 12.7 Å². The first-order chi connectivity index (χ1) is 7.41. The molecule has 0 N–H and O–H groups in total. The van der Waals surface area contributed by atoms with Crippen LogP contribution in [0.3, 0.4) is 0 Å². The Labute approximate surface area is 95.2 Å². The number of hydrogen-bond donors (Lipinski definition) is 0. The van der Waals surface area contributed by atoms with Gasteiger partial charge in [0.25, 0.3) is 0 Å². The molecule has 0 heterocycles. The van der Waals surface area contributed by atoms with Crippen molar-refractivity contribution >= 4 is 9.76 Å². The lowest BCUT2D eigenvalue weighted by atomic mass is 10.7. The van der Waals surface area contributed by atoms with Gasteiger partial charge in [-0.2, -0.15) is 0 Å². The summed E-state index contributed by atoms with van der Waals surface area (Å²) in [7, 11) is 0.599. The molecule has 0 aromatic rings. The van der Waals surface area contributed by atoms with Crippen LogP contribution in [-0.4, -0.2) is 56.0 Å². The van der Waals surface area contributed by atoms with Crippen LogP contribution in [0.1, 0.15) is 13.8 Å². The second-order valence-electron chi connectivity index (χ2n) is 2.77. The van der Waals surface area contributed by atoms with Crippen molar-refractivity contribution in [1.29, 1.82) is 0 Å². The molecule has 0 rings (SSSR count). The monoisotopic (exact) mass is 234 g/mol. The summed E-state index contributed by atoms with van der Waals surface area (Å²) >= 11 is 0. The predicted octanol–water partition coefficient (Wildman–Crippen LogP) is 1.13. The van der Waals surface area contributed by atoms with Crippen LogP contribution in [0.5, 0.6) is 0 Å². The van der Waals surface area contributed by atoms with Crippen molar-refractivity contribution in [3.8, 4) is 0 Å². The third-order valence-electron chi connectivity index (χ3n) is 1.52. The fraction of sp³-hybridized carbons (Fsp3) is 1.00. The molecule has 0 bridgehead atoms. The minimum absolute atomic E-state index is 0.599. The van der Waals surface area contributed by atoms with E-state index in [0.29, 0.717) is 49.4 Å². The molecule has 5 heteroatoms. The lowest BCUT2D eigenvalue weighted by Crippen LogP contribution is -2.12. The van der Waals surface area contributed by atoms with E-state index in [2.05, 4.69) is 6.92 Å².